The highest BCUT2D eigenvalue weighted by Gasteiger charge is 2.37. The first-order valence-electron chi connectivity index (χ1n) is 7.01. The van der Waals surface area contributed by atoms with Crippen LogP contribution in [0.4, 0.5) is 0 Å². The Morgan fingerprint density at radius 1 is 1.29 bits per heavy atom. The van der Waals surface area contributed by atoms with Gasteiger partial charge in [-0.1, -0.05) is 27.7 Å². The molecule has 0 radical (unpaired) electrons. The monoisotopic (exact) mass is 240 g/mol. The zero-order valence-electron chi connectivity index (χ0n) is 11.8. The van der Waals surface area contributed by atoms with Crippen LogP contribution in [0.15, 0.2) is 0 Å². The Balaban J connectivity index is 2.49. The molecule has 1 saturated heterocycles. The van der Waals surface area contributed by atoms with Gasteiger partial charge in [0, 0.05) is 6.54 Å². The van der Waals surface area contributed by atoms with Gasteiger partial charge in [-0.2, -0.15) is 0 Å². The van der Waals surface area contributed by atoms with Gasteiger partial charge >= 0.3 is 0 Å². The summed E-state index contributed by atoms with van der Waals surface area (Å²) in [6, 6.07) is 0. The minimum atomic E-state index is -0.109. The maximum absolute atomic E-state index is 12.3. The molecule has 3 nitrogen and oxygen atoms in total. The molecule has 17 heavy (non-hydrogen) atoms. The lowest BCUT2D eigenvalue weighted by atomic mass is 9.75. The Labute approximate surface area is 106 Å². The molecule has 0 aliphatic carbocycles. The molecule has 0 aromatic rings. The molecule has 100 valence electrons. The number of hydrogen-bond donors (Lipinski definition) is 2. The van der Waals surface area contributed by atoms with Crippen molar-refractivity contribution in [2.24, 2.45) is 17.3 Å². The molecule has 1 aliphatic rings. The zero-order chi connectivity index (χ0) is 12.9. The molecule has 1 aliphatic heterocycles. The van der Waals surface area contributed by atoms with Crippen molar-refractivity contribution in [3.63, 3.8) is 0 Å². The number of carbonyl (C=O) groups excluding carboxylic acids is 1. The predicted molar refractivity (Wildman–Crippen MR) is 71.8 cm³/mol. The summed E-state index contributed by atoms with van der Waals surface area (Å²) in [6.45, 7) is 11.5. The van der Waals surface area contributed by atoms with Crippen molar-refractivity contribution in [2.75, 3.05) is 19.6 Å². The van der Waals surface area contributed by atoms with E-state index in [0.29, 0.717) is 11.8 Å². The van der Waals surface area contributed by atoms with Crippen molar-refractivity contribution in [1.82, 2.24) is 10.6 Å². The van der Waals surface area contributed by atoms with E-state index < -0.39 is 0 Å². The number of rotatable bonds is 5. The molecule has 0 bridgehead atoms. The Hall–Kier alpha value is -0.570. The predicted octanol–water partition coefficient (Wildman–Crippen LogP) is 2.17. The number of nitrogens with one attached hydrogen (secondary N) is 2. The maximum atomic E-state index is 12.3. The minimum Gasteiger partial charge on any atom is -0.355 e. The van der Waals surface area contributed by atoms with Crippen LogP contribution >= 0.6 is 0 Å². The number of hydrogen-bond acceptors (Lipinski definition) is 2. The normalized spacial score (nSPS) is 21.2. The highest BCUT2D eigenvalue weighted by atomic mass is 16.2. The second kappa shape index (κ2) is 6.39. The van der Waals surface area contributed by atoms with Gasteiger partial charge in [0.05, 0.1) is 5.41 Å². The van der Waals surface area contributed by atoms with Gasteiger partial charge in [0.15, 0.2) is 0 Å². The molecule has 1 rings (SSSR count). The molecule has 0 saturated carbocycles. The zero-order valence-corrected chi connectivity index (χ0v) is 11.8. The van der Waals surface area contributed by atoms with Crippen LogP contribution in [0.2, 0.25) is 0 Å². The van der Waals surface area contributed by atoms with Crippen LogP contribution in [0.3, 0.4) is 0 Å². The molecule has 1 heterocycles. The lowest BCUT2D eigenvalue weighted by Crippen LogP contribution is -2.48. The smallest absolute Gasteiger partial charge is 0.226 e. The summed E-state index contributed by atoms with van der Waals surface area (Å²) in [7, 11) is 0. The lowest BCUT2D eigenvalue weighted by molar-refractivity contribution is -0.133. The Morgan fingerprint density at radius 2 is 1.88 bits per heavy atom. The number of piperidine rings is 1. The summed E-state index contributed by atoms with van der Waals surface area (Å²) >= 11 is 0. The molecule has 1 unspecified atom stereocenters. The van der Waals surface area contributed by atoms with Crippen molar-refractivity contribution < 1.29 is 4.79 Å². The van der Waals surface area contributed by atoms with Crippen LogP contribution in [0.1, 0.15) is 47.0 Å². The van der Waals surface area contributed by atoms with Crippen molar-refractivity contribution in [3.05, 3.63) is 0 Å². The first-order valence-corrected chi connectivity index (χ1v) is 7.01. The quantitative estimate of drug-likeness (QED) is 0.773. The van der Waals surface area contributed by atoms with Gasteiger partial charge in [-0.25, -0.2) is 0 Å². The van der Waals surface area contributed by atoms with E-state index in [1.165, 1.54) is 0 Å². The Bertz CT molecular complexity index is 245. The standard InChI is InChI=1S/C14H28N2O/c1-5-14(6-8-15-9-7-14)13(17)16-10-12(4)11(2)3/h11-12,15H,5-10H2,1-4H3,(H,16,17). The lowest BCUT2D eigenvalue weighted by Gasteiger charge is -2.35. The molecule has 1 fully saturated rings. The van der Waals surface area contributed by atoms with Crippen molar-refractivity contribution >= 4 is 5.91 Å². The van der Waals surface area contributed by atoms with E-state index in [1.54, 1.807) is 0 Å². The summed E-state index contributed by atoms with van der Waals surface area (Å²) in [5.74, 6) is 1.45. The van der Waals surface area contributed by atoms with E-state index in [4.69, 9.17) is 0 Å². The highest BCUT2D eigenvalue weighted by Crippen LogP contribution is 2.32. The first kappa shape index (κ1) is 14.5. The summed E-state index contributed by atoms with van der Waals surface area (Å²) in [5.41, 5.74) is -0.109. The highest BCUT2D eigenvalue weighted by molar-refractivity contribution is 5.82. The molecule has 1 amide bonds. The van der Waals surface area contributed by atoms with Crippen LogP contribution in [0.25, 0.3) is 0 Å². The van der Waals surface area contributed by atoms with Gasteiger partial charge in [-0.3, -0.25) is 4.79 Å². The summed E-state index contributed by atoms with van der Waals surface area (Å²) in [4.78, 5) is 12.3. The Kier molecular flexibility index (Phi) is 5.44. The second-order valence-electron chi connectivity index (χ2n) is 5.82. The maximum Gasteiger partial charge on any atom is 0.226 e. The van der Waals surface area contributed by atoms with Crippen molar-refractivity contribution in [3.8, 4) is 0 Å². The fourth-order valence-corrected chi connectivity index (χ4v) is 2.32. The molecule has 1 atom stereocenters. The summed E-state index contributed by atoms with van der Waals surface area (Å²) in [6.07, 6.45) is 2.91. The average Bonchev–Trinajstić information content (AvgIpc) is 2.36. The molecular weight excluding hydrogens is 212 g/mol. The van der Waals surface area contributed by atoms with Gasteiger partial charge in [0.2, 0.25) is 5.91 Å². The SMILES string of the molecule is CCC1(C(=O)NCC(C)C(C)C)CCNCC1. The molecule has 0 aromatic heterocycles. The summed E-state index contributed by atoms with van der Waals surface area (Å²) in [5, 5.41) is 6.49. The third-order valence-corrected chi connectivity index (χ3v) is 4.44. The van der Waals surface area contributed by atoms with Crippen LogP contribution in [0, 0.1) is 17.3 Å². The van der Waals surface area contributed by atoms with Gasteiger partial charge in [0.25, 0.3) is 0 Å². The van der Waals surface area contributed by atoms with Gasteiger partial charge < -0.3 is 10.6 Å². The van der Waals surface area contributed by atoms with Crippen molar-refractivity contribution in [2.45, 2.75) is 47.0 Å². The van der Waals surface area contributed by atoms with E-state index in [-0.39, 0.29) is 11.3 Å². The van der Waals surface area contributed by atoms with Crippen LogP contribution < -0.4 is 10.6 Å². The molecule has 0 spiro atoms. The number of amides is 1. The fraction of sp³-hybridized carbons (Fsp3) is 0.929. The van der Waals surface area contributed by atoms with E-state index in [9.17, 15) is 4.79 Å². The van der Waals surface area contributed by atoms with Crippen LogP contribution in [-0.4, -0.2) is 25.5 Å². The Morgan fingerprint density at radius 3 is 2.35 bits per heavy atom. The average molecular weight is 240 g/mol. The van der Waals surface area contributed by atoms with E-state index in [0.717, 1.165) is 38.9 Å². The summed E-state index contributed by atoms with van der Waals surface area (Å²) < 4.78 is 0. The van der Waals surface area contributed by atoms with Crippen LogP contribution in [0.5, 0.6) is 0 Å². The van der Waals surface area contributed by atoms with Gasteiger partial charge in [-0.15, -0.1) is 0 Å². The largest absolute Gasteiger partial charge is 0.355 e. The molecule has 3 heteroatoms. The van der Waals surface area contributed by atoms with Crippen molar-refractivity contribution in [1.29, 1.82) is 0 Å². The fourth-order valence-electron chi connectivity index (χ4n) is 2.32. The van der Waals surface area contributed by atoms with E-state index in [2.05, 4.69) is 38.3 Å². The molecule has 2 N–H and O–H groups in total. The number of carbonyl (C=O) groups is 1. The second-order valence-corrected chi connectivity index (χ2v) is 5.82. The van der Waals surface area contributed by atoms with Gasteiger partial charge in [-0.05, 0) is 44.2 Å². The van der Waals surface area contributed by atoms with E-state index in [1.807, 2.05) is 0 Å². The van der Waals surface area contributed by atoms with Gasteiger partial charge in [0.1, 0.15) is 0 Å². The third-order valence-electron chi connectivity index (χ3n) is 4.44. The third kappa shape index (κ3) is 3.70. The first-order chi connectivity index (χ1) is 8.02. The molecule has 0 aromatic carbocycles. The van der Waals surface area contributed by atoms with E-state index >= 15 is 0 Å². The van der Waals surface area contributed by atoms with Crippen LogP contribution in [-0.2, 0) is 4.79 Å². The minimum absolute atomic E-state index is 0.109. The molecular formula is C14H28N2O. The topological polar surface area (TPSA) is 41.1 Å².